The Morgan fingerprint density at radius 1 is 1.64 bits per heavy atom. The maximum Gasteiger partial charge on any atom is 0.262 e. The minimum absolute atomic E-state index is 0.0864. The van der Waals surface area contributed by atoms with Crippen LogP contribution < -0.4 is 5.32 Å². The van der Waals surface area contributed by atoms with Gasteiger partial charge in [0.25, 0.3) is 5.91 Å². The molecule has 0 aliphatic carbocycles. The molecule has 1 unspecified atom stereocenters. The van der Waals surface area contributed by atoms with Crippen molar-refractivity contribution in [3.05, 3.63) is 21.4 Å². The molecule has 1 atom stereocenters. The fraction of sp³-hybridized carbons (Fsp3) is 0.364. The van der Waals surface area contributed by atoms with Gasteiger partial charge in [-0.05, 0) is 32.4 Å². The summed E-state index contributed by atoms with van der Waals surface area (Å²) < 4.78 is 0. The number of amides is 1. The fourth-order valence-corrected chi connectivity index (χ4v) is 1.93. The number of aryl methyl sites for hydroxylation is 2. The van der Waals surface area contributed by atoms with Gasteiger partial charge in [-0.2, -0.15) is 0 Å². The Balaban J connectivity index is 2.76. The molecule has 0 aromatic carbocycles. The summed E-state index contributed by atoms with van der Waals surface area (Å²) in [5, 5.41) is 2.72. The average molecular weight is 207 g/mol. The average Bonchev–Trinajstić information content (AvgIpc) is 2.47. The molecule has 1 aromatic heterocycles. The first-order valence-corrected chi connectivity index (χ1v) is 5.20. The van der Waals surface area contributed by atoms with E-state index in [1.165, 1.54) is 16.2 Å². The van der Waals surface area contributed by atoms with Crippen LogP contribution in [0.4, 0.5) is 0 Å². The molecule has 0 aliphatic rings. The molecular weight excluding hydrogens is 194 g/mol. The van der Waals surface area contributed by atoms with Crippen molar-refractivity contribution in [2.45, 2.75) is 26.8 Å². The van der Waals surface area contributed by atoms with Crippen molar-refractivity contribution in [1.82, 2.24) is 5.32 Å². The number of thiophene rings is 1. The normalized spacial score (nSPS) is 11.9. The molecule has 0 bridgehead atoms. The lowest BCUT2D eigenvalue weighted by molar-refractivity contribution is 0.0952. The number of carbonyl (C=O) groups excluding carboxylic acids is 1. The van der Waals surface area contributed by atoms with Gasteiger partial charge >= 0.3 is 0 Å². The maximum atomic E-state index is 11.6. The monoisotopic (exact) mass is 207 g/mol. The highest BCUT2D eigenvalue weighted by atomic mass is 32.1. The van der Waals surface area contributed by atoms with Crippen LogP contribution in [-0.4, -0.2) is 11.9 Å². The Labute approximate surface area is 88.3 Å². The zero-order valence-electron chi connectivity index (χ0n) is 8.55. The summed E-state index contributed by atoms with van der Waals surface area (Å²) >= 11 is 1.49. The summed E-state index contributed by atoms with van der Waals surface area (Å²) in [6.07, 6.45) is 5.17. The lowest BCUT2D eigenvalue weighted by Gasteiger charge is -2.04. The summed E-state index contributed by atoms with van der Waals surface area (Å²) in [7, 11) is 0. The van der Waals surface area contributed by atoms with Crippen molar-refractivity contribution < 1.29 is 4.79 Å². The van der Waals surface area contributed by atoms with Gasteiger partial charge in [-0.25, -0.2) is 0 Å². The Morgan fingerprint density at radius 3 is 2.71 bits per heavy atom. The summed E-state index contributed by atoms with van der Waals surface area (Å²) in [5.41, 5.74) is 1.15. The van der Waals surface area contributed by atoms with Crippen molar-refractivity contribution in [3.63, 3.8) is 0 Å². The van der Waals surface area contributed by atoms with Gasteiger partial charge in [-0.1, -0.05) is 5.92 Å². The Kier molecular flexibility index (Phi) is 3.32. The van der Waals surface area contributed by atoms with E-state index in [-0.39, 0.29) is 11.9 Å². The summed E-state index contributed by atoms with van der Waals surface area (Å²) in [6.45, 7) is 5.78. The molecule has 3 heteroatoms. The summed E-state index contributed by atoms with van der Waals surface area (Å²) in [6, 6.07) is 1.67. The maximum absolute atomic E-state index is 11.6. The highest BCUT2D eigenvalue weighted by Crippen LogP contribution is 2.20. The molecule has 1 N–H and O–H groups in total. The molecule has 0 saturated heterocycles. The van der Waals surface area contributed by atoms with Gasteiger partial charge in [0.05, 0.1) is 10.9 Å². The van der Waals surface area contributed by atoms with Gasteiger partial charge in [0, 0.05) is 4.88 Å². The molecule has 1 heterocycles. The molecule has 0 fully saturated rings. The fourth-order valence-electron chi connectivity index (χ4n) is 0.994. The van der Waals surface area contributed by atoms with Crippen LogP contribution in [-0.2, 0) is 0 Å². The number of carbonyl (C=O) groups is 1. The number of terminal acetylenes is 1. The van der Waals surface area contributed by atoms with E-state index in [0.717, 1.165) is 10.4 Å². The molecule has 0 saturated carbocycles. The van der Waals surface area contributed by atoms with Crippen molar-refractivity contribution in [2.24, 2.45) is 0 Å². The van der Waals surface area contributed by atoms with Gasteiger partial charge in [0.15, 0.2) is 0 Å². The first-order chi connectivity index (χ1) is 6.54. The molecule has 0 spiro atoms. The smallest absolute Gasteiger partial charge is 0.262 e. The third-order valence-electron chi connectivity index (χ3n) is 1.99. The number of hydrogen-bond acceptors (Lipinski definition) is 2. The largest absolute Gasteiger partial charge is 0.338 e. The zero-order chi connectivity index (χ0) is 10.7. The lowest BCUT2D eigenvalue weighted by Crippen LogP contribution is -2.30. The van der Waals surface area contributed by atoms with Crippen LogP contribution >= 0.6 is 11.3 Å². The highest BCUT2D eigenvalue weighted by molar-refractivity contribution is 7.14. The van der Waals surface area contributed by atoms with E-state index in [4.69, 9.17) is 6.42 Å². The van der Waals surface area contributed by atoms with Crippen LogP contribution in [0.2, 0.25) is 0 Å². The van der Waals surface area contributed by atoms with E-state index in [2.05, 4.69) is 11.2 Å². The van der Waals surface area contributed by atoms with Gasteiger partial charge in [-0.3, -0.25) is 4.79 Å². The first-order valence-electron chi connectivity index (χ1n) is 4.38. The Hall–Kier alpha value is -1.27. The van der Waals surface area contributed by atoms with Crippen molar-refractivity contribution in [1.29, 1.82) is 0 Å². The van der Waals surface area contributed by atoms with Crippen molar-refractivity contribution in [3.8, 4) is 12.3 Å². The quantitative estimate of drug-likeness (QED) is 0.739. The first kappa shape index (κ1) is 10.8. The molecule has 0 radical (unpaired) electrons. The Bertz CT molecular complexity index is 367. The standard InChI is InChI=1S/C11H13NOS/c1-5-8(3)12-11(13)10-6-7(2)9(4)14-10/h1,6,8H,2-4H3,(H,12,13). The van der Waals surface area contributed by atoms with E-state index in [9.17, 15) is 4.79 Å². The van der Waals surface area contributed by atoms with Crippen molar-refractivity contribution >= 4 is 17.2 Å². The predicted molar refractivity (Wildman–Crippen MR) is 59.6 cm³/mol. The molecule has 1 aromatic rings. The number of rotatable bonds is 2. The minimum atomic E-state index is -0.217. The van der Waals surface area contributed by atoms with Gasteiger partial charge in [0.2, 0.25) is 0 Å². The van der Waals surface area contributed by atoms with E-state index in [0.29, 0.717) is 0 Å². The third-order valence-corrected chi connectivity index (χ3v) is 3.14. The lowest BCUT2D eigenvalue weighted by atomic mass is 10.2. The molecular formula is C11H13NOS. The van der Waals surface area contributed by atoms with Crippen LogP contribution in [0.5, 0.6) is 0 Å². The number of nitrogens with one attached hydrogen (secondary N) is 1. The van der Waals surface area contributed by atoms with Gasteiger partial charge in [0.1, 0.15) is 0 Å². The second-order valence-corrected chi connectivity index (χ2v) is 4.47. The molecule has 14 heavy (non-hydrogen) atoms. The van der Waals surface area contributed by atoms with Crippen LogP contribution in [0.1, 0.15) is 27.0 Å². The second kappa shape index (κ2) is 4.30. The van der Waals surface area contributed by atoms with E-state index in [1.807, 2.05) is 19.9 Å². The van der Waals surface area contributed by atoms with Crippen LogP contribution in [0.3, 0.4) is 0 Å². The SMILES string of the molecule is C#CC(C)NC(=O)c1cc(C)c(C)s1. The number of hydrogen-bond donors (Lipinski definition) is 1. The summed E-state index contributed by atoms with van der Waals surface area (Å²) in [5.74, 6) is 2.37. The molecule has 1 rings (SSSR count). The van der Waals surface area contributed by atoms with Crippen LogP contribution in [0.25, 0.3) is 0 Å². The highest BCUT2D eigenvalue weighted by Gasteiger charge is 2.11. The van der Waals surface area contributed by atoms with E-state index < -0.39 is 0 Å². The molecule has 74 valence electrons. The molecule has 1 amide bonds. The zero-order valence-corrected chi connectivity index (χ0v) is 9.37. The van der Waals surface area contributed by atoms with Crippen molar-refractivity contribution in [2.75, 3.05) is 0 Å². The van der Waals surface area contributed by atoms with E-state index in [1.54, 1.807) is 6.92 Å². The Morgan fingerprint density at radius 2 is 2.29 bits per heavy atom. The summed E-state index contributed by atoms with van der Waals surface area (Å²) in [4.78, 5) is 13.5. The van der Waals surface area contributed by atoms with Crippen LogP contribution in [0, 0.1) is 26.2 Å². The van der Waals surface area contributed by atoms with Gasteiger partial charge < -0.3 is 5.32 Å². The molecule has 2 nitrogen and oxygen atoms in total. The minimum Gasteiger partial charge on any atom is -0.338 e. The van der Waals surface area contributed by atoms with E-state index >= 15 is 0 Å². The topological polar surface area (TPSA) is 29.1 Å². The van der Waals surface area contributed by atoms with Gasteiger partial charge in [-0.15, -0.1) is 17.8 Å². The second-order valence-electron chi connectivity index (χ2n) is 3.21. The third kappa shape index (κ3) is 2.36. The van der Waals surface area contributed by atoms with Crippen LogP contribution in [0.15, 0.2) is 6.07 Å². The molecule has 0 aliphatic heterocycles. The predicted octanol–water partition coefficient (Wildman–Crippen LogP) is 2.12.